The van der Waals surface area contributed by atoms with E-state index in [1.54, 1.807) is 0 Å². The monoisotopic (exact) mass is 272 g/mol. The highest BCUT2D eigenvalue weighted by molar-refractivity contribution is 5.94. The molecule has 1 saturated heterocycles. The van der Waals surface area contributed by atoms with Crippen molar-refractivity contribution in [2.75, 3.05) is 18.0 Å². The van der Waals surface area contributed by atoms with Crippen molar-refractivity contribution in [3.8, 4) is 0 Å². The first kappa shape index (κ1) is 13.6. The molecule has 108 valence electrons. The molecule has 2 unspecified atom stereocenters. The molecule has 1 aromatic carbocycles. The Labute approximate surface area is 121 Å². The lowest BCUT2D eigenvalue weighted by Gasteiger charge is -2.34. The van der Waals surface area contributed by atoms with Crippen LogP contribution in [0.4, 0.5) is 5.69 Å². The predicted molar refractivity (Wildman–Crippen MR) is 81.9 cm³/mol. The van der Waals surface area contributed by atoms with Gasteiger partial charge in [0.2, 0.25) is 5.91 Å². The van der Waals surface area contributed by atoms with Crippen LogP contribution in [0.15, 0.2) is 24.3 Å². The van der Waals surface area contributed by atoms with Gasteiger partial charge < -0.3 is 10.2 Å². The summed E-state index contributed by atoms with van der Waals surface area (Å²) in [5.41, 5.74) is 2.45. The molecule has 20 heavy (non-hydrogen) atoms. The van der Waals surface area contributed by atoms with Gasteiger partial charge >= 0.3 is 0 Å². The standard InChI is InChI=1S/C17H24N2O/c1-13-6-4-10-18-15(13)12-17(20)19-11-5-8-14-7-2-3-9-16(14)19/h2-3,7,9,13,15,18H,4-6,8,10-12H2,1H3. The molecule has 0 saturated carbocycles. The van der Waals surface area contributed by atoms with E-state index in [4.69, 9.17) is 0 Å². The molecule has 2 aliphatic rings. The number of para-hydroxylation sites is 1. The van der Waals surface area contributed by atoms with Gasteiger partial charge in [-0.15, -0.1) is 0 Å². The number of carbonyl (C=O) groups is 1. The fourth-order valence-electron chi connectivity index (χ4n) is 3.48. The molecule has 3 heteroatoms. The highest BCUT2D eigenvalue weighted by Crippen LogP contribution is 2.28. The molecule has 3 nitrogen and oxygen atoms in total. The van der Waals surface area contributed by atoms with Crippen molar-refractivity contribution in [1.29, 1.82) is 0 Å². The molecule has 0 bridgehead atoms. The molecular weight excluding hydrogens is 248 g/mol. The Morgan fingerprint density at radius 3 is 3.05 bits per heavy atom. The molecule has 1 aromatic rings. The van der Waals surface area contributed by atoms with Crippen molar-refractivity contribution < 1.29 is 4.79 Å². The van der Waals surface area contributed by atoms with Gasteiger partial charge in [-0.3, -0.25) is 4.79 Å². The summed E-state index contributed by atoms with van der Waals surface area (Å²) < 4.78 is 0. The summed E-state index contributed by atoms with van der Waals surface area (Å²) in [5, 5.41) is 3.52. The van der Waals surface area contributed by atoms with E-state index in [-0.39, 0.29) is 5.91 Å². The minimum Gasteiger partial charge on any atom is -0.313 e. The maximum absolute atomic E-state index is 12.7. The molecule has 1 amide bonds. The van der Waals surface area contributed by atoms with Crippen molar-refractivity contribution in [1.82, 2.24) is 5.32 Å². The van der Waals surface area contributed by atoms with Gasteiger partial charge in [0.25, 0.3) is 0 Å². The molecule has 2 atom stereocenters. The Bertz CT molecular complexity index is 486. The Hall–Kier alpha value is -1.35. The number of hydrogen-bond acceptors (Lipinski definition) is 2. The molecule has 2 heterocycles. The average molecular weight is 272 g/mol. The van der Waals surface area contributed by atoms with Gasteiger partial charge in [0.05, 0.1) is 0 Å². The Morgan fingerprint density at radius 2 is 2.20 bits per heavy atom. The van der Waals surface area contributed by atoms with Crippen molar-refractivity contribution in [2.24, 2.45) is 5.92 Å². The van der Waals surface area contributed by atoms with E-state index in [2.05, 4.69) is 30.4 Å². The lowest BCUT2D eigenvalue weighted by Crippen LogP contribution is -2.45. The molecule has 3 rings (SSSR count). The van der Waals surface area contributed by atoms with E-state index >= 15 is 0 Å². The third kappa shape index (κ3) is 2.73. The first-order valence-electron chi connectivity index (χ1n) is 7.87. The molecule has 0 aromatic heterocycles. The normalized spacial score (nSPS) is 26.1. The molecule has 2 aliphatic heterocycles. The summed E-state index contributed by atoms with van der Waals surface area (Å²) in [4.78, 5) is 14.7. The Morgan fingerprint density at radius 1 is 1.35 bits per heavy atom. The third-order valence-corrected chi connectivity index (χ3v) is 4.74. The molecule has 0 aliphatic carbocycles. The second-order valence-electron chi connectivity index (χ2n) is 6.16. The zero-order valence-electron chi connectivity index (χ0n) is 12.3. The fraction of sp³-hybridized carbons (Fsp3) is 0.588. The first-order valence-corrected chi connectivity index (χ1v) is 7.87. The van der Waals surface area contributed by atoms with E-state index in [0.29, 0.717) is 18.4 Å². The molecule has 0 spiro atoms. The highest BCUT2D eigenvalue weighted by Gasteiger charge is 2.28. The van der Waals surface area contributed by atoms with E-state index in [1.165, 1.54) is 18.4 Å². The van der Waals surface area contributed by atoms with Crippen molar-refractivity contribution in [2.45, 2.75) is 45.1 Å². The Kier molecular flexibility index (Phi) is 4.06. The van der Waals surface area contributed by atoms with Crippen molar-refractivity contribution in [3.63, 3.8) is 0 Å². The summed E-state index contributed by atoms with van der Waals surface area (Å²) in [6, 6.07) is 8.69. The number of amides is 1. The number of aryl methyl sites for hydroxylation is 1. The van der Waals surface area contributed by atoms with E-state index in [9.17, 15) is 4.79 Å². The van der Waals surface area contributed by atoms with Crippen molar-refractivity contribution in [3.05, 3.63) is 29.8 Å². The van der Waals surface area contributed by atoms with Crippen LogP contribution in [-0.2, 0) is 11.2 Å². The van der Waals surface area contributed by atoms with E-state index in [0.717, 1.165) is 31.6 Å². The van der Waals surface area contributed by atoms with Crippen molar-refractivity contribution >= 4 is 11.6 Å². The van der Waals surface area contributed by atoms with Gasteiger partial charge in [0, 0.05) is 24.7 Å². The third-order valence-electron chi connectivity index (χ3n) is 4.74. The minimum absolute atomic E-state index is 0.281. The number of hydrogen-bond donors (Lipinski definition) is 1. The van der Waals surface area contributed by atoms with Crippen LogP contribution in [0.5, 0.6) is 0 Å². The van der Waals surface area contributed by atoms with Gasteiger partial charge in [-0.05, 0) is 49.8 Å². The second kappa shape index (κ2) is 5.96. The summed E-state index contributed by atoms with van der Waals surface area (Å²) in [6.45, 7) is 4.18. The van der Waals surface area contributed by atoms with Crippen LogP contribution in [0.3, 0.4) is 0 Å². The maximum atomic E-state index is 12.7. The fourth-order valence-corrected chi connectivity index (χ4v) is 3.48. The lowest BCUT2D eigenvalue weighted by atomic mass is 9.90. The van der Waals surface area contributed by atoms with Gasteiger partial charge in [0.1, 0.15) is 0 Å². The van der Waals surface area contributed by atoms with Gasteiger partial charge in [-0.25, -0.2) is 0 Å². The second-order valence-corrected chi connectivity index (χ2v) is 6.16. The Balaban J connectivity index is 1.72. The van der Waals surface area contributed by atoms with Crippen LogP contribution in [0, 0.1) is 5.92 Å². The maximum Gasteiger partial charge on any atom is 0.228 e. The number of piperidine rings is 1. The minimum atomic E-state index is 0.281. The topological polar surface area (TPSA) is 32.3 Å². The first-order chi connectivity index (χ1) is 9.75. The zero-order valence-corrected chi connectivity index (χ0v) is 12.3. The van der Waals surface area contributed by atoms with E-state index < -0.39 is 0 Å². The number of nitrogens with one attached hydrogen (secondary N) is 1. The van der Waals surface area contributed by atoms with Crippen LogP contribution in [0.1, 0.15) is 38.2 Å². The smallest absolute Gasteiger partial charge is 0.228 e. The van der Waals surface area contributed by atoms with Gasteiger partial charge in [-0.2, -0.15) is 0 Å². The number of anilines is 1. The number of carbonyl (C=O) groups excluding carboxylic acids is 1. The van der Waals surface area contributed by atoms with Crippen LogP contribution in [0.25, 0.3) is 0 Å². The van der Waals surface area contributed by atoms with Crippen LogP contribution in [-0.4, -0.2) is 25.0 Å². The lowest BCUT2D eigenvalue weighted by molar-refractivity contribution is -0.119. The number of fused-ring (bicyclic) bond motifs is 1. The quantitative estimate of drug-likeness (QED) is 0.898. The van der Waals surface area contributed by atoms with Crippen LogP contribution >= 0.6 is 0 Å². The number of rotatable bonds is 2. The summed E-state index contributed by atoms with van der Waals surface area (Å²) >= 11 is 0. The molecular formula is C17H24N2O. The van der Waals surface area contributed by atoms with Gasteiger partial charge in [-0.1, -0.05) is 25.1 Å². The number of benzene rings is 1. The SMILES string of the molecule is CC1CCCNC1CC(=O)N1CCCc2ccccc21. The molecule has 1 N–H and O–H groups in total. The highest BCUT2D eigenvalue weighted by atomic mass is 16.2. The summed E-state index contributed by atoms with van der Waals surface area (Å²) in [7, 11) is 0. The molecule has 0 radical (unpaired) electrons. The predicted octanol–water partition coefficient (Wildman–Crippen LogP) is 2.74. The molecule has 1 fully saturated rings. The largest absolute Gasteiger partial charge is 0.313 e. The van der Waals surface area contributed by atoms with Crippen LogP contribution in [0.2, 0.25) is 0 Å². The van der Waals surface area contributed by atoms with Gasteiger partial charge in [0.15, 0.2) is 0 Å². The van der Waals surface area contributed by atoms with Crippen LogP contribution < -0.4 is 10.2 Å². The average Bonchev–Trinajstić information content (AvgIpc) is 2.49. The summed E-state index contributed by atoms with van der Waals surface area (Å²) in [5.74, 6) is 0.885. The van der Waals surface area contributed by atoms with E-state index in [1.807, 2.05) is 11.0 Å². The zero-order chi connectivity index (χ0) is 13.9. The summed E-state index contributed by atoms with van der Waals surface area (Å²) in [6.07, 6.45) is 5.28. The number of nitrogens with zero attached hydrogens (tertiary/aromatic N) is 1.